The Morgan fingerprint density at radius 3 is 2.68 bits per heavy atom. The minimum atomic E-state index is -4.37. The molecule has 1 heterocycles. The highest BCUT2D eigenvalue weighted by Crippen LogP contribution is 2.30. The van der Waals surface area contributed by atoms with E-state index in [0.717, 1.165) is 37.9 Å². The van der Waals surface area contributed by atoms with Crippen molar-refractivity contribution in [2.24, 2.45) is 0 Å². The SMILES string of the molecule is CC(NC(=O)C1CCCCN1)c1cccc(C(F)(F)F)c1.Cl. The molecule has 124 valence electrons. The summed E-state index contributed by atoms with van der Waals surface area (Å²) in [6.45, 7) is 2.49. The summed E-state index contributed by atoms with van der Waals surface area (Å²) in [7, 11) is 0. The highest BCUT2D eigenvalue weighted by molar-refractivity contribution is 5.85. The smallest absolute Gasteiger partial charge is 0.348 e. The summed E-state index contributed by atoms with van der Waals surface area (Å²) in [6.07, 6.45) is -1.57. The molecule has 2 N–H and O–H groups in total. The van der Waals surface area contributed by atoms with Gasteiger partial charge in [0.25, 0.3) is 0 Å². The second-order valence-electron chi connectivity index (χ2n) is 5.36. The van der Waals surface area contributed by atoms with E-state index in [-0.39, 0.29) is 24.4 Å². The normalized spacial score (nSPS) is 19.9. The molecule has 0 aliphatic carbocycles. The molecule has 1 aliphatic rings. The van der Waals surface area contributed by atoms with Crippen molar-refractivity contribution in [3.05, 3.63) is 35.4 Å². The maximum atomic E-state index is 12.7. The van der Waals surface area contributed by atoms with Crippen molar-refractivity contribution in [3.8, 4) is 0 Å². The van der Waals surface area contributed by atoms with Gasteiger partial charge in [-0.2, -0.15) is 13.2 Å². The molecule has 1 aliphatic heterocycles. The molecule has 2 rings (SSSR count). The Balaban J connectivity index is 0.00000242. The van der Waals surface area contributed by atoms with Gasteiger partial charge in [-0.3, -0.25) is 4.79 Å². The molecule has 0 aromatic heterocycles. The molecule has 22 heavy (non-hydrogen) atoms. The molecule has 0 spiro atoms. The first-order valence-corrected chi connectivity index (χ1v) is 7.09. The van der Waals surface area contributed by atoms with Crippen LogP contribution in [0.15, 0.2) is 24.3 Å². The average molecular weight is 337 g/mol. The number of hydrogen-bond acceptors (Lipinski definition) is 2. The minimum Gasteiger partial charge on any atom is -0.348 e. The van der Waals surface area contributed by atoms with Gasteiger partial charge < -0.3 is 10.6 Å². The van der Waals surface area contributed by atoms with Crippen LogP contribution in [0.2, 0.25) is 0 Å². The van der Waals surface area contributed by atoms with Crippen molar-refractivity contribution in [2.45, 2.75) is 44.4 Å². The summed E-state index contributed by atoms with van der Waals surface area (Å²) >= 11 is 0. The summed E-state index contributed by atoms with van der Waals surface area (Å²) in [5, 5.41) is 5.90. The first kappa shape index (κ1) is 18.8. The van der Waals surface area contributed by atoms with Gasteiger partial charge in [-0.05, 0) is 44.0 Å². The summed E-state index contributed by atoms with van der Waals surface area (Å²) in [5.74, 6) is -0.153. The van der Waals surface area contributed by atoms with E-state index in [1.807, 2.05) is 0 Å². The molecule has 2 atom stereocenters. The zero-order valence-corrected chi connectivity index (χ0v) is 13.1. The first-order chi connectivity index (χ1) is 9.88. The third-order valence-corrected chi connectivity index (χ3v) is 3.70. The summed E-state index contributed by atoms with van der Waals surface area (Å²) < 4.78 is 38.1. The number of halogens is 4. The molecule has 3 nitrogen and oxygen atoms in total. The van der Waals surface area contributed by atoms with Gasteiger partial charge in [0.15, 0.2) is 0 Å². The average Bonchev–Trinajstić information content (AvgIpc) is 2.47. The molecular formula is C15H20ClF3N2O. The largest absolute Gasteiger partial charge is 0.416 e. The molecule has 1 aromatic carbocycles. The van der Waals surface area contributed by atoms with Gasteiger partial charge in [0.2, 0.25) is 5.91 Å². The van der Waals surface area contributed by atoms with E-state index in [0.29, 0.717) is 5.56 Å². The number of nitrogens with one attached hydrogen (secondary N) is 2. The lowest BCUT2D eigenvalue weighted by Gasteiger charge is -2.25. The lowest BCUT2D eigenvalue weighted by Crippen LogP contribution is -2.47. The van der Waals surface area contributed by atoms with Gasteiger partial charge in [-0.1, -0.05) is 18.6 Å². The van der Waals surface area contributed by atoms with Gasteiger partial charge in [0, 0.05) is 0 Å². The highest BCUT2D eigenvalue weighted by Gasteiger charge is 2.31. The Labute approximate surface area is 134 Å². The molecular weight excluding hydrogens is 317 g/mol. The van der Waals surface area contributed by atoms with Crippen molar-refractivity contribution in [1.29, 1.82) is 0 Å². The summed E-state index contributed by atoms with van der Waals surface area (Å²) in [5.41, 5.74) is -0.245. The zero-order valence-electron chi connectivity index (χ0n) is 12.2. The van der Waals surface area contributed by atoms with E-state index in [9.17, 15) is 18.0 Å². The Bertz CT molecular complexity index is 502. The molecule has 1 fully saturated rings. The fourth-order valence-electron chi connectivity index (χ4n) is 2.46. The van der Waals surface area contributed by atoms with E-state index in [1.165, 1.54) is 6.07 Å². The number of carbonyl (C=O) groups is 1. The van der Waals surface area contributed by atoms with Crippen LogP contribution in [0.5, 0.6) is 0 Å². The lowest BCUT2D eigenvalue weighted by atomic mass is 10.0. The Hall–Kier alpha value is -1.27. The summed E-state index contributed by atoms with van der Waals surface area (Å²) in [6, 6.07) is 4.37. The Kier molecular flexibility index (Phi) is 6.68. The van der Waals surface area contributed by atoms with Gasteiger partial charge >= 0.3 is 6.18 Å². The van der Waals surface area contributed by atoms with Crippen LogP contribution in [-0.2, 0) is 11.0 Å². The summed E-state index contributed by atoms with van der Waals surface area (Å²) in [4.78, 5) is 12.1. The minimum absolute atomic E-state index is 0. The van der Waals surface area contributed by atoms with Crippen LogP contribution in [0.25, 0.3) is 0 Å². The number of hydrogen-bond donors (Lipinski definition) is 2. The van der Waals surface area contributed by atoms with E-state index in [1.54, 1.807) is 13.0 Å². The quantitative estimate of drug-likeness (QED) is 0.887. The maximum Gasteiger partial charge on any atom is 0.416 e. The second kappa shape index (κ2) is 7.83. The van der Waals surface area contributed by atoms with Crippen LogP contribution in [0.3, 0.4) is 0 Å². The fraction of sp³-hybridized carbons (Fsp3) is 0.533. The van der Waals surface area contributed by atoms with Crippen LogP contribution in [0.1, 0.15) is 43.4 Å². The van der Waals surface area contributed by atoms with Gasteiger partial charge in [0.05, 0.1) is 17.6 Å². The van der Waals surface area contributed by atoms with E-state index in [2.05, 4.69) is 10.6 Å². The molecule has 1 amide bonds. The molecule has 0 bridgehead atoms. The molecule has 1 saturated heterocycles. The zero-order chi connectivity index (χ0) is 15.5. The van der Waals surface area contributed by atoms with Crippen molar-refractivity contribution in [1.82, 2.24) is 10.6 Å². The van der Waals surface area contributed by atoms with Crippen molar-refractivity contribution >= 4 is 18.3 Å². The number of benzene rings is 1. The van der Waals surface area contributed by atoms with Crippen molar-refractivity contribution < 1.29 is 18.0 Å². The number of rotatable bonds is 3. The first-order valence-electron chi connectivity index (χ1n) is 7.09. The van der Waals surface area contributed by atoms with Gasteiger partial charge in [0.1, 0.15) is 0 Å². The van der Waals surface area contributed by atoms with Crippen LogP contribution in [0.4, 0.5) is 13.2 Å². The molecule has 2 unspecified atom stereocenters. The number of amides is 1. The standard InChI is InChI=1S/C15H19F3N2O.ClH/c1-10(20-14(21)13-7-2-3-8-19-13)11-5-4-6-12(9-11)15(16,17)18;/h4-6,9-10,13,19H,2-3,7-8H2,1H3,(H,20,21);1H. The van der Waals surface area contributed by atoms with E-state index in [4.69, 9.17) is 0 Å². The van der Waals surface area contributed by atoms with Crippen LogP contribution in [-0.4, -0.2) is 18.5 Å². The van der Waals surface area contributed by atoms with E-state index >= 15 is 0 Å². The molecule has 0 radical (unpaired) electrons. The molecule has 0 saturated carbocycles. The molecule has 7 heteroatoms. The Morgan fingerprint density at radius 2 is 2.09 bits per heavy atom. The number of piperidine rings is 1. The highest BCUT2D eigenvalue weighted by atomic mass is 35.5. The third-order valence-electron chi connectivity index (χ3n) is 3.70. The monoisotopic (exact) mass is 336 g/mol. The lowest BCUT2D eigenvalue weighted by molar-refractivity contribution is -0.137. The van der Waals surface area contributed by atoms with Crippen molar-refractivity contribution in [3.63, 3.8) is 0 Å². The van der Waals surface area contributed by atoms with Gasteiger partial charge in [-0.15, -0.1) is 12.4 Å². The topological polar surface area (TPSA) is 41.1 Å². The Morgan fingerprint density at radius 1 is 1.36 bits per heavy atom. The third kappa shape index (κ3) is 4.88. The number of carbonyl (C=O) groups excluding carboxylic acids is 1. The van der Waals surface area contributed by atoms with E-state index < -0.39 is 17.8 Å². The van der Waals surface area contributed by atoms with Gasteiger partial charge in [-0.25, -0.2) is 0 Å². The second-order valence-corrected chi connectivity index (χ2v) is 5.36. The predicted octanol–water partition coefficient (Wildman–Crippen LogP) is 3.45. The number of alkyl halides is 3. The van der Waals surface area contributed by atoms with Crippen LogP contribution < -0.4 is 10.6 Å². The van der Waals surface area contributed by atoms with Crippen LogP contribution >= 0.6 is 12.4 Å². The molecule has 1 aromatic rings. The van der Waals surface area contributed by atoms with Crippen molar-refractivity contribution in [2.75, 3.05) is 6.54 Å². The van der Waals surface area contributed by atoms with Crippen LogP contribution in [0, 0.1) is 0 Å². The fourth-order valence-corrected chi connectivity index (χ4v) is 2.46. The maximum absolute atomic E-state index is 12.7. The predicted molar refractivity (Wildman–Crippen MR) is 80.9 cm³/mol.